The number of benzene rings is 1. The van der Waals surface area contributed by atoms with Gasteiger partial charge >= 0.3 is 0 Å². The molecule has 1 unspecified atom stereocenters. The molecule has 21 heavy (non-hydrogen) atoms. The number of nitrogens with zero attached hydrogens (tertiary/aromatic N) is 2. The van der Waals surface area contributed by atoms with E-state index in [4.69, 9.17) is 0 Å². The van der Waals surface area contributed by atoms with Crippen LogP contribution in [0, 0.1) is 5.82 Å². The van der Waals surface area contributed by atoms with Crippen LogP contribution in [0.4, 0.5) is 4.39 Å². The Morgan fingerprint density at radius 3 is 2.62 bits per heavy atom. The third kappa shape index (κ3) is 4.14. The lowest BCUT2D eigenvalue weighted by atomic mass is 10.0. The number of aryl methyl sites for hydroxylation is 1. The van der Waals surface area contributed by atoms with Gasteiger partial charge in [0.1, 0.15) is 5.82 Å². The molecule has 2 aromatic rings. The van der Waals surface area contributed by atoms with E-state index in [0.29, 0.717) is 0 Å². The van der Waals surface area contributed by atoms with Gasteiger partial charge in [-0.25, -0.2) is 4.39 Å². The maximum atomic E-state index is 13.0. The van der Waals surface area contributed by atoms with E-state index in [2.05, 4.69) is 40.2 Å². The summed E-state index contributed by atoms with van der Waals surface area (Å²) in [5.41, 5.74) is 2.26. The minimum atomic E-state index is -0.198. The van der Waals surface area contributed by atoms with Gasteiger partial charge in [-0.15, -0.1) is 0 Å². The SMILES string of the molecule is CCCNC(Cc1ccc(F)cc1)c1c(Br)cnn1CC. The van der Waals surface area contributed by atoms with Gasteiger partial charge in [0, 0.05) is 6.54 Å². The highest BCUT2D eigenvalue weighted by Gasteiger charge is 2.19. The van der Waals surface area contributed by atoms with E-state index < -0.39 is 0 Å². The van der Waals surface area contributed by atoms with Gasteiger partial charge in [-0.1, -0.05) is 19.1 Å². The maximum absolute atomic E-state index is 13.0. The summed E-state index contributed by atoms with van der Waals surface area (Å²) in [5, 5.41) is 7.95. The normalized spacial score (nSPS) is 12.6. The molecule has 5 heteroatoms. The predicted molar refractivity (Wildman–Crippen MR) is 86.7 cm³/mol. The van der Waals surface area contributed by atoms with Crippen LogP contribution in [0.25, 0.3) is 0 Å². The first-order chi connectivity index (χ1) is 10.2. The lowest BCUT2D eigenvalue weighted by molar-refractivity contribution is 0.477. The van der Waals surface area contributed by atoms with Gasteiger partial charge in [0.2, 0.25) is 0 Å². The molecule has 0 fully saturated rings. The third-order valence-corrected chi connectivity index (χ3v) is 4.07. The predicted octanol–water partition coefficient (Wildman–Crippen LogP) is 4.09. The fourth-order valence-electron chi connectivity index (χ4n) is 2.41. The standard InChI is InChI=1S/C16H21BrFN3/c1-3-9-19-15(10-12-5-7-13(18)8-6-12)16-14(17)11-20-21(16)4-2/h5-8,11,15,19H,3-4,9-10H2,1-2H3. The van der Waals surface area contributed by atoms with Gasteiger partial charge in [0.15, 0.2) is 0 Å². The molecular weight excluding hydrogens is 333 g/mol. The number of aromatic nitrogens is 2. The Balaban J connectivity index is 2.25. The molecule has 0 aliphatic heterocycles. The summed E-state index contributed by atoms with van der Waals surface area (Å²) in [4.78, 5) is 0. The number of rotatable bonds is 7. The first-order valence-electron chi connectivity index (χ1n) is 7.34. The Labute approximate surface area is 133 Å². The van der Waals surface area contributed by atoms with E-state index in [-0.39, 0.29) is 11.9 Å². The van der Waals surface area contributed by atoms with Gasteiger partial charge < -0.3 is 5.32 Å². The smallest absolute Gasteiger partial charge is 0.123 e. The zero-order valence-electron chi connectivity index (χ0n) is 12.4. The van der Waals surface area contributed by atoms with Crippen LogP contribution in [-0.2, 0) is 13.0 Å². The Hall–Kier alpha value is -1.20. The van der Waals surface area contributed by atoms with Crippen LogP contribution in [-0.4, -0.2) is 16.3 Å². The van der Waals surface area contributed by atoms with E-state index in [1.54, 1.807) is 0 Å². The Bertz CT molecular complexity index is 565. The van der Waals surface area contributed by atoms with E-state index in [1.165, 1.54) is 12.1 Å². The first kappa shape index (κ1) is 16.2. The van der Waals surface area contributed by atoms with Crippen molar-refractivity contribution in [2.75, 3.05) is 6.54 Å². The van der Waals surface area contributed by atoms with Crippen LogP contribution in [0.2, 0.25) is 0 Å². The third-order valence-electron chi connectivity index (χ3n) is 3.46. The molecule has 114 valence electrons. The minimum Gasteiger partial charge on any atom is -0.308 e. The summed E-state index contributed by atoms with van der Waals surface area (Å²) < 4.78 is 16.1. The van der Waals surface area contributed by atoms with Crippen LogP contribution in [0.5, 0.6) is 0 Å². The van der Waals surface area contributed by atoms with Crippen LogP contribution < -0.4 is 5.32 Å². The van der Waals surface area contributed by atoms with Gasteiger partial charge in [-0.2, -0.15) is 5.10 Å². The Kier molecular flexibility index (Phi) is 5.94. The van der Waals surface area contributed by atoms with Crippen molar-refractivity contribution >= 4 is 15.9 Å². The molecule has 1 aromatic heterocycles. The molecule has 0 aliphatic rings. The summed E-state index contributed by atoms with van der Waals surface area (Å²) in [6, 6.07) is 6.87. The lowest BCUT2D eigenvalue weighted by Crippen LogP contribution is -2.27. The molecule has 0 saturated carbocycles. The van der Waals surface area contributed by atoms with Crippen molar-refractivity contribution in [2.45, 2.75) is 39.3 Å². The fraction of sp³-hybridized carbons (Fsp3) is 0.438. The number of hydrogen-bond donors (Lipinski definition) is 1. The molecule has 0 aliphatic carbocycles. The van der Waals surface area contributed by atoms with Crippen molar-refractivity contribution in [3.63, 3.8) is 0 Å². The minimum absolute atomic E-state index is 0.159. The maximum Gasteiger partial charge on any atom is 0.123 e. The van der Waals surface area contributed by atoms with Gasteiger partial charge in [-0.05, 0) is 59.9 Å². The molecule has 1 N–H and O–H groups in total. The lowest BCUT2D eigenvalue weighted by Gasteiger charge is -2.20. The molecule has 1 atom stereocenters. The molecule has 1 aromatic carbocycles. The second kappa shape index (κ2) is 7.71. The fourth-order valence-corrected chi connectivity index (χ4v) is 2.98. The molecule has 3 nitrogen and oxygen atoms in total. The van der Waals surface area contributed by atoms with E-state index in [0.717, 1.165) is 41.7 Å². The number of nitrogens with one attached hydrogen (secondary N) is 1. The van der Waals surface area contributed by atoms with E-state index >= 15 is 0 Å². The molecule has 0 bridgehead atoms. The summed E-state index contributed by atoms with van der Waals surface area (Å²) in [7, 11) is 0. The van der Waals surface area contributed by atoms with Crippen molar-refractivity contribution in [2.24, 2.45) is 0 Å². The highest BCUT2D eigenvalue weighted by molar-refractivity contribution is 9.10. The summed E-state index contributed by atoms with van der Waals surface area (Å²) in [6.07, 6.45) is 3.71. The van der Waals surface area contributed by atoms with Gasteiger partial charge in [0.25, 0.3) is 0 Å². The summed E-state index contributed by atoms with van der Waals surface area (Å²) >= 11 is 3.59. The Morgan fingerprint density at radius 1 is 1.29 bits per heavy atom. The largest absolute Gasteiger partial charge is 0.308 e. The van der Waals surface area contributed by atoms with Crippen LogP contribution in [0.15, 0.2) is 34.9 Å². The quantitative estimate of drug-likeness (QED) is 0.812. The molecule has 2 rings (SSSR count). The van der Waals surface area contributed by atoms with Gasteiger partial charge in [-0.3, -0.25) is 4.68 Å². The second-order valence-electron chi connectivity index (χ2n) is 5.03. The van der Waals surface area contributed by atoms with Gasteiger partial charge in [0.05, 0.1) is 22.4 Å². The zero-order chi connectivity index (χ0) is 15.2. The number of hydrogen-bond acceptors (Lipinski definition) is 2. The first-order valence-corrected chi connectivity index (χ1v) is 8.14. The summed E-state index contributed by atoms with van der Waals surface area (Å²) in [6.45, 7) is 5.99. The van der Waals surface area contributed by atoms with Crippen molar-refractivity contribution < 1.29 is 4.39 Å². The van der Waals surface area contributed by atoms with Crippen LogP contribution in [0.1, 0.15) is 37.6 Å². The van der Waals surface area contributed by atoms with Crippen molar-refractivity contribution in [1.82, 2.24) is 15.1 Å². The topological polar surface area (TPSA) is 29.9 Å². The molecule has 0 amide bonds. The zero-order valence-corrected chi connectivity index (χ0v) is 14.0. The van der Waals surface area contributed by atoms with Crippen molar-refractivity contribution in [3.05, 3.63) is 52.0 Å². The average Bonchev–Trinajstić information content (AvgIpc) is 2.86. The Morgan fingerprint density at radius 2 is 2.00 bits per heavy atom. The van der Waals surface area contributed by atoms with Crippen LogP contribution in [0.3, 0.4) is 0 Å². The molecular formula is C16H21BrFN3. The highest BCUT2D eigenvalue weighted by atomic mass is 79.9. The molecule has 0 spiro atoms. The van der Waals surface area contributed by atoms with Crippen molar-refractivity contribution in [1.29, 1.82) is 0 Å². The molecule has 0 radical (unpaired) electrons. The van der Waals surface area contributed by atoms with Crippen LogP contribution >= 0.6 is 15.9 Å². The number of halogens is 2. The summed E-state index contributed by atoms with van der Waals surface area (Å²) in [5.74, 6) is -0.198. The monoisotopic (exact) mass is 353 g/mol. The molecule has 0 saturated heterocycles. The second-order valence-corrected chi connectivity index (χ2v) is 5.89. The van der Waals surface area contributed by atoms with E-state index in [9.17, 15) is 4.39 Å². The van der Waals surface area contributed by atoms with E-state index in [1.807, 2.05) is 23.0 Å². The average molecular weight is 354 g/mol. The molecule has 1 heterocycles. The highest BCUT2D eigenvalue weighted by Crippen LogP contribution is 2.26. The van der Waals surface area contributed by atoms with Crippen molar-refractivity contribution in [3.8, 4) is 0 Å².